The van der Waals surface area contributed by atoms with Crippen LogP contribution in [0, 0.1) is 0 Å². The Morgan fingerprint density at radius 2 is 2.09 bits per heavy atom. The van der Waals surface area contributed by atoms with Crippen LogP contribution in [0.15, 0.2) is 48.8 Å². The molecule has 2 N–H and O–H groups in total. The maximum absolute atomic E-state index is 6.08. The molecule has 0 saturated heterocycles. The minimum atomic E-state index is 0.291. The summed E-state index contributed by atoms with van der Waals surface area (Å²) in [6, 6.07) is 13.4. The number of rotatable bonds is 3. The van der Waals surface area contributed by atoms with Crippen molar-refractivity contribution in [2.24, 2.45) is 12.8 Å². The molecule has 22 heavy (non-hydrogen) atoms. The van der Waals surface area contributed by atoms with E-state index >= 15 is 0 Å². The van der Waals surface area contributed by atoms with E-state index in [0.29, 0.717) is 12.6 Å². The third kappa shape index (κ3) is 2.12. The van der Waals surface area contributed by atoms with Crippen LogP contribution in [-0.4, -0.2) is 21.2 Å². The first-order chi connectivity index (χ1) is 10.8. The number of hydrogen-bond donors (Lipinski definition) is 1. The number of benzene rings is 2. The van der Waals surface area contributed by atoms with Crippen molar-refractivity contribution in [2.75, 3.05) is 6.54 Å². The van der Waals surface area contributed by atoms with Crippen LogP contribution in [0.1, 0.15) is 22.7 Å². The van der Waals surface area contributed by atoms with Crippen LogP contribution in [0.25, 0.3) is 10.8 Å². The highest BCUT2D eigenvalue weighted by molar-refractivity contribution is 5.87. The van der Waals surface area contributed by atoms with Crippen molar-refractivity contribution < 1.29 is 0 Å². The molecule has 1 atom stereocenters. The molecule has 0 aliphatic carbocycles. The summed E-state index contributed by atoms with van der Waals surface area (Å²) in [5.41, 5.74) is 10.1. The van der Waals surface area contributed by atoms with Gasteiger partial charge in [0.25, 0.3) is 0 Å². The number of hydrogen-bond acceptors (Lipinski definition) is 3. The van der Waals surface area contributed by atoms with Crippen molar-refractivity contribution in [3.05, 3.63) is 65.5 Å². The van der Waals surface area contributed by atoms with E-state index < -0.39 is 0 Å². The van der Waals surface area contributed by atoms with E-state index in [-0.39, 0.29) is 0 Å². The van der Waals surface area contributed by atoms with Gasteiger partial charge in [0.1, 0.15) is 0 Å². The number of nitrogens with zero attached hydrogens (tertiary/aromatic N) is 3. The molecule has 4 nitrogen and oxygen atoms in total. The first-order valence-corrected chi connectivity index (χ1v) is 7.68. The predicted molar refractivity (Wildman–Crippen MR) is 88.2 cm³/mol. The second-order valence-corrected chi connectivity index (χ2v) is 6.03. The number of aryl methyl sites for hydroxylation is 1. The topological polar surface area (TPSA) is 47.1 Å². The van der Waals surface area contributed by atoms with Gasteiger partial charge in [-0.3, -0.25) is 9.58 Å². The molecule has 0 radical (unpaired) electrons. The minimum absolute atomic E-state index is 0.291. The average Bonchev–Trinajstić information content (AvgIpc) is 3.10. The summed E-state index contributed by atoms with van der Waals surface area (Å²) in [6.07, 6.45) is 4.02. The second-order valence-electron chi connectivity index (χ2n) is 6.03. The first kappa shape index (κ1) is 13.5. The van der Waals surface area contributed by atoms with E-state index in [2.05, 4.69) is 52.6 Å². The smallest absolute Gasteiger partial charge is 0.0534 e. The van der Waals surface area contributed by atoms with E-state index in [0.717, 1.165) is 13.1 Å². The molecule has 0 spiro atoms. The fraction of sp³-hybridized carbons (Fsp3) is 0.278. The molecule has 1 unspecified atom stereocenters. The van der Waals surface area contributed by atoms with Gasteiger partial charge in [-0.05, 0) is 21.9 Å². The Balaban J connectivity index is 1.73. The summed E-state index contributed by atoms with van der Waals surface area (Å²) in [4.78, 5) is 2.45. The second kappa shape index (κ2) is 5.23. The summed E-state index contributed by atoms with van der Waals surface area (Å²) in [5, 5.41) is 6.93. The predicted octanol–water partition coefficient (Wildman–Crippen LogP) is 2.59. The molecule has 1 aromatic heterocycles. The molecule has 2 aromatic carbocycles. The van der Waals surface area contributed by atoms with Crippen molar-refractivity contribution in [3.63, 3.8) is 0 Å². The number of aromatic nitrogens is 2. The molecular formula is C18H20N4. The largest absolute Gasteiger partial charge is 0.329 e. The molecule has 0 fully saturated rings. The highest BCUT2D eigenvalue weighted by atomic mass is 15.2. The lowest BCUT2D eigenvalue weighted by atomic mass is 9.98. The molecular weight excluding hydrogens is 272 g/mol. The molecule has 4 rings (SSSR count). The van der Waals surface area contributed by atoms with Crippen molar-refractivity contribution in [3.8, 4) is 0 Å². The third-order valence-electron chi connectivity index (χ3n) is 4.61. The molecule has 0 amide bonds. The maximum atomic E-state index is 6.08. The third-order valence-corrected chi connectivity index (χ3v) is 4.61. The summed E-state index contributed by atoms with van der Waals surface area (Å²) in [6.45, 7) is 2.48. The summed E-state index contributed by atoms with van der Waals surface area (Å²) >= 11 is 0. The highest BCUT2D eigenvalue weighted by Gasteiger charge is 2.30. The Hall–Kier alpha value is -2.17. The molecule has 1 aliphatic rings. The van der Waals surface area contributed by atoms with Crippen LogP contribution in [0.2, 0.25) is 0 Å². The van der Waals surface area contributed by atoms with E-state index in [1.807, 2.05) is 17.9 Å². The van der Waals surface area contributed by atoms with E-state index in [4.69, 9.17) is 5.73 Å². The molecule has 3 aromatic rings. The summed E-state index contributed by atoms with van der Waals surface area (Å²) in [5.74, 6) is 0. The quantitative estimate of drug-likeness (QED) is 0.807. The van der Waals surface area contributed by atoms with Crippen LogP contribution >= 0.6 is 0 Å². The summed E-state index contributed by atoms with van der Waals surface area (Å²) in [7, 11) is 1.95. The van der Waals surface area contributed by atoms with Crippen molar-refractivity contribution in [1.82, 2.24) is 14.7 Å². The van der Waals surface area contributed by atoms with Gasteiger partial charge in [-0.1, -0.05) is 36.4 Å². The first-order valence-electron chi connectivity index (χ1n) is 7.68. The van der Waals surface area contributed by atoms with Crippen molar-refractivity contribution in [2.45, 2.75) is 19.1 Å². The molecule has 1 aliphatic heterocycles. The molecule has 4 heteroatoms. The van der Waals surface area contributed by atoms with Crippen molar-refractivity contribution in [1.29, 1.82) is 0 Å². The van der Waals surface area contributed by atoms with Gasteiger partial charge in [0.05, 0.1) is 6.20 Å². The number of nitrogens with two attached hydrogens (primary N) is 1. The van der Waals surface area contributed by atoms with Crippen LogP contribution in [0.5, 0.6) is 0 Å². The van der Waals surface area contributed by atoms with Gasteiger partial charge in [0, 0.05) is 44.5 Å². The van der Waals surface area contributed by atoms with Crippen molar-refractivity contribution >= 4 is 10.8 Å². The fourth-order valence-electron chi connectivity index (χ4n) is 3.58. The molecule has 2 heterocycles. The van der Waals surface area contributed by atoms with Crippen LogP contribution in [0.4, 0.5) is 0 Å². The van der Waals surface area contributed by atoms with Crippen LogP contribution in [0.3, 0.4) is 0 Å². The molecule has 0 saturated carbocycles. The Labute approximate surface area is 130 Å². The van der Waals surface area contributed by atoms with Crippen LogP contribution < -0.4 is 5.73 Å². The van der Waals surface area contributed by atoms with E-state index in [9.17, 15) is 0 Å². The normalized spacial score (nSPS) is 18.0. The Morgan fingerprint density at radius 3 is 2.86 bits per heavy atom. The number of fused-ring (bicyclic) bond motifs is 3. The Kier molecular flexibility index (Phi) is 3.21. The fourth-order valence-corrected chi connectivity index (χ4v) is 3.58. The Morgan fingerprint density at radius 1 is 1.23 bits per heavy atom. The molecule has 112 valence electrons. The SMILES string of the molecule is Cn1cc(CN2Cc3c(ccc4ccccc34)C2CN)cn1. The van der Waals surface area contributed by atoms with Gasteiger partial charge in [0.15, 0.2) is 0 Å². The highest BCUT2D eigenvalue weighted by Crippen LogP contribution is 2.38. The lowest BCUT2D eigenvalue weighted by Crippen LogP contribution is -2.27. The Bertz CT molecular complexity index is 821. The van der Waals surface area contributed by atoms with Gasteiger partial charge in [-0.2, -0.15) is 5.10 Å². The monoisotopic (exact) mass is 292 g/mol. The molecule has 0 bridgehead atoms. The summed E-state index contributed by atoms with van der Waals surface area (Å²) < 4.78 is 1.85. The zero-order valence-electron chi connectivity index (χ0n) is 12.7. The van der Waals surface area contributed by atoms with E-state index in [1.165, 1.54) is 27.5 Å². The minimum Gasteiger partial charge on any atom is -0.329 e. The van der Waals surface area contributed by atoms with Gasteiger partial charge in [0.2, 0.25) is 0 Å². The van der Waals surface area contributed by atoms with Crippen LogP contribution in [-0.2, 0) is 20.1 Å². The van der Waals surface area contributed by atoms with E-state index in [1.54, 1.807) is 0 Å². The lowest BCUT2D eigenvalue weighted by molar-refractivity contribution is 0.211. The van der Waals surface area contributed by atoms with Gasteiger partial charge < -0.3 is 5.73 Å². The average molecular weight is 292 g/mol. The standard InChI is InChI=1S/C18H20N4/c1-21-10-13(9-20-21)11-22-12-17-15-5-3-2-4-14(15)6-7-16(17)18(22)8-19/h2-7,9-10,18H,8,11-12,19H2,1H3. The van der Waals surface area contributed by atoms with Gasteiger partial charge in [-0.25, -0.2) is 0 Å². The maximum Gasteiger partial charge on any atom is 0.0534 e. The van der Waals surface area contributed by atoms with Gasteiger partial charge in [-0.15, -0.1) is 0 Å². The lowest BCUT2D eigenvalue weighted by Gasteiger charge is -2.23. The zero-order chi connectivity index (χ0) is 15.1. The zero-order valence-corrected chi connectivity index (χ0v) is 12.7. The van der Waals surface area contributed by atoms with Gasteiger partial charge >= 0.3 is 0 Å².